The third-order valence-corrected chi connectivity index (χ3v) is 3.25. The third-order valence-electron chi connectivity index (χ3n) is 2.93. The zero-order valence-electron chi connectivity index (χ0n) is 8.45. The maximum Gasteiger partial charge on any atom is 0.0695 e. The number of thiol groups is 1. The van der Waals surface area contributed by atoms with Gasteiger partial charge in [0.1, 0.15) is 0 Å². The fourth-order valence-corrected chi connectivity index (χ4v) is 2.23. The number of likely N-dealkylation sites (N-methyl/N-ethyl adjacent to an activating group) is 1. The second-order valence-corrected chi connectivity index (χ2v) is 4.42. The van der Waals surface area contributed by atoms with E-state index in [-0.39, 0.29) is 6.10 Å². The van der Waals surface area contributed by atoms with Crippen molar-refractivity contribution in [3.63, 3.8) is 0 Å². The van der Waals surface area contributed by atoms with Crippen LogP contribution >= 0.6 is 12.6 Å². The van der Waals surface area contributed by atoms with Crippen LogP contribution in [0, 0.1) is 0 Å². The first kappa shape index (κ1) is 11.3. The van der Waals surface area contributed by atoms with E-state index >= 15 is 0 Å². The lowest BCUT2D eigenvalue weighted by Crippen LogP contribution is -2.43. The van der Waals surface area contributed by atoms with E-state index in [2.05, 4.69) is 24.6 Å². The predicted molar refractivity (Wildman–Crippen MR) is 59.4 cm³/mol. The molecular formula is C10H21NOS. The summed E-state index contributed by atoms with van der Waals surface area (Å²) in [7, 11) is 2.11. The van der Waals surface area contributed by atoms with Crippen LogP contribution in [0.4, 0.5) is 0 Å². The van der Waals surface area contributed by atoms with E-state index in [9.17, 15) is 5.11 Å². The zero-order chi connectivity index (χ0) is 9.68. The minimum Gasteiger partial charge on any atom is -0.391 e. The maximum absolute atomic E-state index is 9.78. The summed E-state index contributed by atoms with van der Waals surface area (Å²) in [5.41, 5.74) is 0. The number of rotatable bonds is 4. The molecule has 0 bridgehead atoms. The van der Waals surface area contributed by atoms with E-state index in [1.807, 2.05) is 0 Å². The van der Waals surface area contributed by atoms with Crippen LogP contribution in [-0.2, 0) is 0 Å². The SMILES string of the molecule is CN(CCCS)C1CCCCC1O. The van der Waals surface area contributed by atoms with Gasteiger partial charge in [0.2, 0.25) is 0 Å². The standard InChI is InChI=1S/C10H21NOS/c1-11(7-4-8-13)9-5-2-3-6-10(9)12/h9-10,12-13H,2-8H2,1H3. The molecule has 0 aromatic carbocycles. The van der Waals surface area contributed by atoms with Crippen molar-refractivity contribution in [2.45, 2.75) is 44.2 Å². The van der Waals surface area contributed by atoms with Gasteiger partial charge in [-0.15, -0.1) is 0 Å². The van der Waals surface area contributed by atoms with Crippen LogP contribution in [0.15, 0.2) is 0 Å². The van der Waals surface area contributed by atoms with Gasteiger partial charge in [0, 0.05) is 6.04 Å². The molecule has 2 atom stereocenters. The molecule has 1 fully saturated rings. The van der Waals surface area contributed by atoms with E-state index in [0.717, 1.165) is 31.6 Å². The molecule has 1 aliphatic rings. The van der Waals surface area contributed by atoms with Crippen molar-refractivity contribution in [3.8, 4) is 0 Å². The second-order valence-electron chi connectivity index (χ2n) is 3.98. The largest absolute Gasteiger partial charge is 0.391 e. The van der Waals surface area contributed by atoms with Crippen molar-refractivity contribution >= 4 is 12.6 Å². The highest BCUT2D eigenvalue weighted by molar-refractivity contribution is 7.80. The topological polar surface area (TPSA) is 23.5 Å². The Morgan fingerprint density at radius 1 is 1.38 bits per heavy atom. The van der Waals surface area contributed by atoms with Gasteiger partial charge in [0.25, 0.3) is 0 Å². The normalized spacial score (nSPS) is 29.5. The van der Waals surface area contributed by atoms with E-state index in [1.54, 1.807) is 0 Å². The molecule has 0 radical (unpaired) electrons. The summed E-state index contributed by atoms with van der Waals surface area (Å²) in [4.78, 5) is 2.29. The molecule has 0 aliphatic heterocycles. The van der Waals surface area contributed by atoms with Crippen LogP contribution in [0.25, 0.3) is 0 Å². The lowest BCUT2D eigenvalue weighted by molar-refractivity contribution is 0.0325. The fourth-order valence-electron chi connectivity index (χ4n) is 2.09. The van der Waals surface area contributed by atoms with Gasteiger partial charge in [0.05, 0.1) is 6.10 Å². The summed E-state index contributed by atoms with van der Waals surface area (Å²) >= 11 is 4.19. The van der Waals surface area contributed by atoms with Crippen LogP contribution in [0.2, 0.25) is 0 Å². The third kappa shape index (κ3) is 3.49. The van der Waals surface area contributed by atoms with Gasteiger partial charge in [-0.05, 0) is 38.6 Å². The first-order chi connectivity index (χ1) is 6.25. The quantitative estimate of drug-likeness (QED) is 0.677. The maximum atomic E-state index is 9.78. The number of nitrogens with zero attached hydrogens (tertiary/aromatic N) is 1. The molecule has 0 aromatic heterocycles. The molecule has 1 aliphatic carbocycles. The summed E-state index contributed by atoms with van der Waals surface area (Å²) in [5, 5.41) is 9.78. The molecule has 2 nitrogen and oxygen atoms in total. The summed E-state index contributed by atoms with van der Waals surface area (Å²) in [5.74, 6) is 0.938. The monoisotopic (exact) mass is 203 g/mol. The summed E-state index contributed by atoms with van der Waals surface area (Å²) < 4.78 is 0. The number of aliphatic hydroxyl groups excluding tert-OH is 1. The minimum atomic E-state index is -0.0985. The van der Waals surface area contributed by atoms with Crippen LogP contribution in [-0.4, -0.2) is 41.5 Å². The van der Waals surface area contributed by atoms with Gasteiger partial charge in [-0.3, -0.25) is 0 Å². The lowest BCUT2D eigenvalue weighted by Gasteiger charge is -2.35. The van der Waals surface area contributed by atoms with Crippen molar-refractivity contribution in [2.75, 3.05) is 19.3 Å². The smallest absolute Gasteiger partial charge is 0.0695 e. The van der Waals surface area contributed by atoms with E-state index in [1.165, 1.54) is 12.8 Å². The molecule has 1 saturated carbocycles. The highest BCUT2D eigenvalue weighted by Crippen LogP contribution is 2.22. The highest BCUT2D eigenvalue weighted by Gasteiger charge is 2.25. The van der Waals surface area contributed by atoms with Crippen molar-refractivity contribution in [2.24, 2.45) is 0 Å². The molecule has 0 spiro atoms. The molecule has 3 heteroatoms. The first-order valence-electron chi connectivity index (χ1n) is 5.25. The Balaban J connectivity index is 2.30. The Morgan fingerprint density at radius 3 is 2.69 bits per heavy atom. The molecule has 0 amide bonds. The predicted octanol–water partition coefficient (Wildman–Crippen LogP) is 1.54. The summed E-state index contributed by atoms with van der Waals surface area (Å²) in [6.07, 6.45) is 5.62. The summed E-state index contributed by atoms with van der Waals surface area (Å²) in [6, 6.07) is 0.397. The molecule has 0 saturated heterocycles. The molecule has 0 aromatic rings. The van der Waals surface area contributed by atoms with Crippen LogP contribution < -0.4 is 0 Å². The lowest BCUT2D eigenvalue weighted by atomic mass is 9.91. The summed E-state index contributed by atoms with van der Waals surface area (Å²) in [6.45, 7) is 1.06. The van der Waals surface area contributed by atoms with Gasteiger partial charge < -0.3 is 10.0 Å². The Morgan fingerprint density at radius 2 is 2.08 bits per heavy atom. The van der Waals surface area contributed by atoms with Crippen molar-refractivity contribution in [3.05, 3.63) is 0 Å². The highest BCUT2D eigenvalue weighted by atomic mass is 32.1. The van der Waals surface area contributed by atoms with Gasteiger partial charge in [-0.1, -0.05) is 12.8 Å². The average molecular weight is 203 g/mol. The van der Waals surface area contributed by atoms with Crippen LogP contribution in [0.3, 0.4) is 0 Å². The van der Waals surface area contributed by atoms with Crippen LogP contribution in [0.5, 0.6) is 0 Å². The average Bonchev–Trinajstić information content (AvgIpc) is 2.15. The van der Waals surface area contributed by atoms with E-state index < -0.39 is 0 Å². The molecule has 1 rings (SSSR count). The molecule has 78 valence electrons. The number of hydrogen-bond donors (Lipinski definition) is 2. The van der Waals surface area contributed by atoms with Crippen molar-refractivity contribution in [1.29, 1.82) is 0 Å². The van der Waals surface area contributed by atoms with E-state index in [4.69, 9.17) is 0 Å². The van der Waals surface area contributed by atoms with E-state index in [0.29, 0.717) is 6.04 Å². The van der Waals surface area contributed by atoms with Gasteiger partial charge in [0.15, 0.2) is 0 Å². The number of hydrogen-bond acceptors (Lipinski definition) is 3. The van der Waals surface area contributed by atoms with Crippen molar-refractivity contribution < 1.29 is 5.11 Å². The van der Waals surface area contributed by atoms with Crippen molar-refractivity contribution in [1.82, 2.24) is 4.90 Å². The zero-order valence-corrected chi connectivity index (χ0v) is 9.34. The Kier molecular flexibility index (Phi) is 5.14. The molecular weight excluding hydrogens is 182 g/mol. The molecule has 0 heterocycles. The molecule has 2 unspecified atom stereocenters. The van der Waals surface area contributed by atoms with Gasteiger partial charge in [-0.2, -0.15) is 12.6 Å². The first-order valence-corrected chi connectivity index (χ1v) is 5.88. The number of aliphatic hydroxyl groups is 1. The van der Waals surface area contributed by atoms with Gasteiger partial charge in [-0.25, -0.2) is 0 Å². The van der Waals surface area contributed by atoms with Gasteiger partial charge >= 0.3 is 0 Å². The Bertz CT molecular complexity index is 143. The fraction of sp³-hybridized carbons (Fsp3) is 1.00. The Labute approximate surface area is 86.7 Å². The van der Waals surface area contributed by atoms with Crippen LogP contribution in [0.1, 0.15) is 32.1 Å². The minimum absolute atomic E-state index is 0.0985. The molecule has 13 heavy (non-hydrogen) atoms. The Hall–Kier alpha value is 0.270. The molecule has 1 N–H and O–H groups in total. The second kappa shape index (κ2) is 5.89.